The Labute approximate surface area is 75.2 Å². The summed E-state index contributed by atoms with van der Waals surface area (Å²) in [5.41, 5.74) is 0. The average molecular weight is 166 g/mol. The molecule has 0 spiro atoms. The van der Waals surface area contributed by atoms with Crippen molar-refractivity contribution in [2.75, 3.05) is 0 Å². The van der Waals surface area contributed by atoms with Crippen LogP contribution in [0.15, 0.2) is 0 Å². The Morgan fingerprint density at radius 2 is 2.25 bits per heavy atom. The highest BCUT2D eigenvalue weighted by atomic mass is 16.3. The summed E-state index contributed by atoms with van der Waals surface area (Å²) in [5, 5.41) is 9.64. The Hall–Kier alpha value is -0.480. The minimum Gasteiger partial charge on any atom is -0.393 e. The SMILES string of the molecule is C#CCCC1CC(C)CCC1O. The Balaban J connectivity index is 2.34. The van der Waals surface area contributed by atoms with Crippen LogP contribution in [-0.4, -0.2) is 11.2 Å². The number of hydrogen-bond donors (Lipinski definition) is 1. The summed E-state index contributed by atoms with van der Waals surface area (Å²) in [4.78, 5) is 0. The maximum atomic E-state index is 9.64. The van der Waals surface area contributed by atoms with E-state index in [2.05, 4.69) is 12.8 Å². The van der Waals surface area contributed by atoms with Gasteiger partial charge in [-0.3, -0.25) is 0 Å². The van der Waals surface area contributed by atoms with E-state index in [9.17, 15) is 5.11 Å². The van der Waals surface area contributed by atoms with Crippen molar-refractivity contribution in [2.45, 2.75) is 45.1 Å². The molecule has 1 aliphatic rings. The molecule has 0 heterocycles. The summed E-state index contributed by atoms with van der Waals surface area (Å²) in [5.74, 6) is 3.88. The molecule has 68 valence electrons. The van der Waals surface area contributed by atoms with Crippen molar-refractivity contribution < 1.29 is 5.11 Å². The lowest BCUT2D eigenvalue weighted by molar-refractivity contribution is 0.0482. The van der Waals surface area contributed by atoms with Crippen molar-refractivity contribution in [1.82, 2.24) is 0 Å². The molecule has 3 unspecified atom stereocenters. The van der Waals surface area contributed by atoms with Crippen LogP contribution in [0.25, 0.3) is 0 Å². The summed E-state index contributed by atoms with van der Waals surface area (Å²) in [7, 11) is 0. The van der Waals surface area contributed by atoms with Gasteiger partial charge >= 0.3 is 0 Å². The molecule has 1 heteroatoms. The number of terminal acetylenes is 1. The maximum absolute atomic E-state index is 9.64. The maximum Gasteiger partial charge on any atom is 0.0568 e. The molecule has 0 amide bonds. The molecule has 1 rings (SSSR count). The van der Waals surface area contributed by atoms with Crippen LogP contribution in [0.5, 0.6) is 0 Å². The van der Waals surface area contributed by atoms with Gasteiger partial charge in [0, 0.05) is 6.42 Å². The molecule has 0 aromatic heterocycles. The van der Waals surface area contributed by atoms with E-state index in [-0.39, 0.29) is 6.10 Å². The number of aliphatic hydroxyl groups is 1. The fourth-order valence-corrected chi connectivity index (χ4v) is 2.06. The van der Waals surface area contributed by atoms with Gasteiger partial charge in [0.05, 0.1) is 6.10 Å². The third-order valence-electron chi connectivity index (χ3n) is 2.86. The topological polar surface area (TPSA) is 20.2 Å². The summed E-state index contributed by atoms with van der Waals surface area (Å²) in [6.07, 6.45) is 10.2. The molecular weight excluding hydrogens is 148 g/mol. The lowest BCUT2D eigenvalue weighted by Crippen LogP contribution is -2.27. The summed E-state index contributed by atoms with van der Waals surface area (Å²) in [6.45, 7) is 2.26. The second kappa shape index (κ2) is 4.52. The Morgan fingerprint density at radius 3 is 2.92 bits per heavy atom. The molecule has 0 aromatic carbocycles. The first-order valence-corrected chi connectivity index (χ1v) is 4.85. The van der Waals surface area contributed by atoms with Gasteiger partial charge in [-0.2, -0.15) is 0 Å². The van der Waals surface area contributed by atoms with Gasteiger partial charge in [-0.05, 0) is 37.5 Å². The van der Waals surface area contributed by atoms with Crippen LogP contribution >= 0.6 is 0 Å². The zero-order valence-corrected chi connectivity index (χ0v) is 7.79. The number of hydrogen-bond acceptors (Lipinski definition) is 1. The van der Waals surface area contributed by atoms with E-state index in [1.807, 2.05) is 0 Å². The van der Waals surface area contributed by atoms with E-state index < -0.39 is 0 Å². The van der Waals surface area contributed by atoms with E-state index in [1.165, 1.54) is 6.42 Å². The molecule has 0 saturated heterocycles. The van der Waals surface area contributed by atoms with Gasteiger partial charge in [0.2, 0.25) is 0 Å². The smallest absolute Gasteiger partial charge is 0.0568 e. The van der Waals surface area contributed by atoms with E-state index in [4.69, 9.17) is 6.42 Å². The molecule has 0 radical (unpaired) electrons. The van der Waals surface area contributed by atoms with E-state index >= 15 is 0 Å². The van der Waals surface area contributed by atoms with Gasteiger partial charge in [0.1, 0.15) is 0 Å². The van der Waals surface area contributed by atoms with Crippen molar-refractivity contribution in [3.63, 3.8) is 0 Å². The lowest BCUT2D eigenvalue weighted by Gasteiger charge is -2.31. The largest absolute Gasteiger partial charge is 0.393 e. The van der Waals surface area contributed by atoms with Crippen LogP contribution in [-0.2, 0) is 0 Å². The van der Waals surface area contributed by atoms with Crippen LogP contribution in [0, 0.1) is 24.2 Å². The van der Waals surface area contributed by atoms with Crippen molar-refractivity contribution in [2.24, 2.45) is 11.8 Å². The second-order valence-electron chi connectivity index (χ2n) is 3.99. The van der Waals surface area contributed by atoms with Crippen LogP contribution in [0.1, 0.15) is 39.0 Å². The molecule has 1 N–H and O–H groups in total. The van der Waals surface area contributed by atoms with Gasteiger partial charge in [0.15, 0.2) is 0 Å². The Morgan fingerprint density at radius 1 is 1.50 bits per heavy atom. The van der Waals surface area contributed by atoms with Gasteiger partial charge < -0.3 is 5.11 Å². The molecular formula is C11H18O. The van der Waals surface area contributed by atoms with Crippen LogP contribution in [0.4, 0.5) is 0 Å². The van der Waals surface area contributed by atoms with Gasteiger partial charge in [-0.25, -0.2) is 0 Å². The van der Waals surface area contributed by atoms with Crippen molar-refractivity contribution >= 4 is 0 Å². The monoisotopic (exact) mass is 166 g/mol. The quantitative estimate of drug-likeness (QED) is 0.623. The molecule has 3 atom stereocenters. The fraction of sp³-hybridized carbons (Fsp3) is 0.818. The first-order valence-electron chi connectivity index (χ1n) is 4.85. The van der Waals surface area contributed by atoms with Crippen molar-refractivity contribution in [3.05, 3.63) is 0 Å². The van der Waals surface area contributed by atoms with E-state index in [1.54, 1.807) is 0 Å². The molecule has 12 heavy (non-hydrogen) atoms. The number of rotatable bonds is 2. The van der Waals surface area contributed by atoms with Gasteiger partial charge in [0.25, 0.3) is 0 Å². The normalized spacial score (nSPS) is 35.9. The van der Waals surface area contributed by atoms with E-state index in [0.717, 1.165) is 31.6 Å². The molecule has 1 saturated carbocycles. The van der Waals surface area contributed by atoms with Crippen LogP contribution < -0.4 is 0 Å². The van der Waals surface area contributed by atoms with Gasteiger partial charge in [-0.15, -0.1) is 12.3 Å². The van der Waals surface area contributed by atoms with Crippen molar-refractivity contribution in [1.29, 1.82) is 0 Å². The van der Waals surface area contributed by atoms with Gasteiger partial charge in [-0.1, -0.05) is 6.92 Å². The standard InChI is InChI=1S/C11H18O/c1-3-4-5-10-8-9(2)6-7-11(10)12/h1,9-12H,4-8H2,2H3. The number of aliphatic hydroxyl groups excluding tert-OH is 1. The van der Waals surface area contributed by atoms with Crippen LogP contribution in [0.2, 0.25) is 0 Å². The minimum absolute atomic E-state index is 0.0884. The zero-order chi connectivity index (χ0) is 8.97. The minimum atomic E-state index is -0.0884. The van der Waals surface area contributed by atoms with Crippen molar-refractivity contribution in [3.8, 4) is 12.3 Å². The third-order valence-corrected chi connectivity index (χ3v) is 2.86. The highest BCUT2D eigenvalue weighted by molar-refractivity contribution is 4.87. The molecule has 1 nitrogen and oxygen atoms in total. The van der Waals surface area contributed by atoms with E-state index in [0.29, 0.717) is 5.92 Å². The van der Waals surface area contributed by atoms with Crippen LogP contribution in [0.3, 0.4) is 0 Å². The summed E-state index contributed by atoms with van der Waals surface area (Å²) < 4.78 is 0. The Kier molecular flexibility index (Phi) is 3.62. The lowest BCUT2D eigenvalue weighted by atomic mass is 9.78. The summed E-state index contributed by atoms with van der Waals surface area (Å²) in [6, 6.07) is 0. The Bertz CT molecular complexity index is 168. The highest BCUT2D eigenvalue weighted by Gasteiger charge is 2.25. The zero-order valence-electron chi connectivity index (χ0n) is 7.79. The third kappa shape index (κ3) is 2.53. The molecule has 0 aromatic rings. The predicted molar refractivity (Wildman–Crippen MR) is 50.6 cm³/mol. The highest BCUT2D eigenvalue weighted by Crippen LogP contribution is 2.31. The predicted octanol–water partition coefficient (Wildman–Crippen LogP) is 2.20. The fourth-order valence-electron chi connectivity index (χ4n) is 2.06. The first kappa shape index (κ1) is 9.61. The average Bonchev–Trinajstić information content (AvgIpc) is 2.07. The summed E-state index contributed by atoms with van der Waals surface area (Å²) >= 11 is 0. The molecule has 0 bridgehead atoms. The molecule has 1 aliphatic carbocycles. The first-order chi connectivity index (χ1) is 5.74. The second-order valence-corrected chi connectivity index (χ2v) is 3.99. The molecule has 1 fully saturated rings. The molecule has 0 aliphatic heterocycles.